The van der Waals surface area contributed by atoms with E-state index in [4.69, 9.17) is 22.1 Å². The Morgan fingerprint density at radius 1 is 1.23 bits per heavy atom. The number of nitrogens with two attached hydrogens (primary N) is 1. The highest BCUT2D eigenvalue weighted by atomic mass is 35.5. The lowest BCUT2D eigenvalue weighted by Gasteiger charge is -2.39. The Bertz CT molecular complexity index is 1410. The normalized spacial score (nSPS) is 21.7. The molecule has 5 rings (SSSR count). The van der Waals surface area contributed by atoms with Gasteiger partial charge in [0.2, 0.25) is 0 Å². The SMILES string of the molecule is CN1CCC[C@H]1COc1nc(C(=O)NC2=c3c(Cl)cccc3=CCC2)c(N)c(N2CCN(C)[C@@H](CC#N)C2)n1. The number of benzene rings is 1. The van der Waals surface area contributed by atoms with E-state index in [9.17, 15) is 10.1 Å². The standard InChI is InChI=1S/C28H35ClN8O2/c1-35-13-5-8-20(35)17-39-28-33-25(24(31)26(34-28)37-15-14-36(2)19(16-37)11-12-30)27(38)32-22-10-4-7-18-6-3-9-21(29)23(18)22/h3,6-7,9,19-20H,4-5,8,10-11,13-17,31H2,1-2H3,(H,32,38)/t19-,20-/m0/s1. The van der Waals surface area contributed by atoms with Gasteiger partial charge in [-0.25, -0.2) is 0 Å². The van der Waals surface area contributed by atoms with E-state index in [2.05, 4.69) is 44.3 Å². The molecule has 206 valence electrons. The molecule has 3 N–H and O–H groups in total. The first-order valence-electron chi connectivity index (χ1n) is 13.5. The minimum absolute atomic E-state index is 0.0274. The van der Waals surface area contributed by atoms with Crippen LogP contribution in [0.5, 0.6) is 6.01 Å². The Balaban J connectivity index is 1.49. The van der Waals surface area contributed by atoms with E-state index in [1.807, 2.05) is 30.1 Å². The van der Waals surface area contributed by atoms with Crippen molar-refractivity contribution in [1.82, 2.24) is 25.1 Å². The largest absolute Gasteiger partial charge is 0.462 e. The van der Waals surface area contributed by atoms with Crippen LogP contribution in [0.4, 0.5) is 11.5 Å². The maximum atomic E-state index is 13.7. The molecule has 2 aliphatic heterocycles. The van der Waals surface area contributed by atoms with Crippen LogP contribution in [0.25, 0.3) is 11.8 Å². The van der Waals surface area contributed by atoms with Gasteiger partial charge in [-0.3, -0.25) is 9.69 Å². The van der Waals surface area contributed by atoms with Gasteiger partial charge in [-0.05, 0) is 57.6 Å². The minimum atomic E-state index is -0.426. The summed E-state index contributed by atoms with van der Waals surface area (Å²) < 4.78 is 6.08. The van der Waals surface area contributed by atoms with E-state index in [1.165, 1.54) is 0 Å². The summed E-state index contributed by atoms with van der Waals surface area (Å²) in [5, 5.41) is 14.8. The van der Waals surface area contributed by atoms with Crippen LogP contribution in [-0.4, -0.2) is 84.6 Å². The molecule has 39 heavy (non-hydrogen) atoms. The van der Waals surface area contributed by atoms with Gasteiger partial charge in [0.1, 0.15) is 12.3 Å². The number of ether oxygens (including phenoxy) is 1. The van der Waals surface area contributed by atoms with Crippen molar-refractivity contribution in [1.29, 1.82) is 5.26 Å². The number of fused-ring (bicyclic) bond motifs is 1. The maximum absolute atomic E-state index is 13.7. The summed E-state index contributed by atoms with van der Waals surface area (Å²) in [4.78, 5) is 29.3. The molecule has 1 aromatic carbocycles. The van der Waals surface area contributed by atoms with Gasteiger partial charge in [-0.1, -0.05) is 29.8 Å². The van der Waals surface area contributed by atoms with Crippen molar-refractivity contribution < 1.29 is 9.53 Å². The number of carbonyl (C=O) groups excluding carboxylic acids is 1. The zero-order valence-corrected chi connectivity index (χ0v) is 23.2. The minimum Gasteiger partial charge on any atom is -0.462 e. The summed E-state index contributed by atoms with van der Waals surface area (Å²) in [5.41, 5.74) is 7.60. The molecule has 0 spiro atoms. The predicted molar refractivity (Wildman–Crippen MR) is 152 cm³/mol. The number of likely N-dealkylation sites (tertiary alicyclic amines) is 1. The Morgan fingerprint density at radius 2 is 2.05 bits per heavy atom. The summed E-state index contributed by atoms with van der Waals surface area (Å²) in [5.74, 6) is 0.0332. The van der Waals surface area contributed by atoms with E-state index in [-0.39, 0.29) is 29.5 Å². The Kier molecular flexibility index (Phi) is 8.21. The molecule has 11 heteroatoms. The number of nitrogens with zero attached hydrogens (tertiary/aromatic N) is 6. The highest BCUT2D eigenvalue weighted by molar-refractivity contribution is 6.30. The van der Waals surface area contributed by atoms with Crippen LogP contribution in [0.1, 0.15) is 42.6 Å². The van der Waals surface area contributed by atoms with Crippen LogP contribution in [0.15, 0.2) is 18.2 Å². The van der Waals surface area contributed by atoms with Crippen molar-refractivity contribution in [3.05, 3.63) is 39.4 Å². The maximum Gasteiger partial charge on any atom is 0.319 e. The van der Waals surface area contributed by atoms with E-state index >= 15 is 0 Å². The fourth-order valence-electron chi connectivity index (χ4n) is 5.59. The second-order valence-corrected chi connectivity index (χ2v) is 10.9. The fourth-order valence-corrected chi connectivity index (χ4v) is 5.88. The molecule has 0 bridgehead atoms. The molecule has 2 atom stereocenters. The third kappa shape index (κ3) is 5.81. The number of nitrogen functional groups attached to an aromatic ring is 1. The first-order valence-corrected chi connectivity index (χ1v) is 13.9. The molecule has 10 nitrogen and oxygen atoms in total. The topological polar surface area (TPSA) is 124 Å². The van der Waals surface area contributed by atoms with E-state index < -0.39 is 5.91 Å². The number of likely N-dealkylation sites (N-methyl/N-ethyl adjacent to an activating group) is 2. The number of hydrogen-bond donors (Lipinski definition) is 2. The predicted octanol–water partition coefficient (Wildman–Crippen LogP) is 1.33. The molecule has 3 aliphatic rings. The van der Waals surface area contributed by atoms with Crippen LogP contribution < -0.4 is 31.1 Å². The lowest BCUT2D eigenvalue weighted by atomic mass is 10.0. The Labute approximate surface area is 233 Å². The van der Waals surface area contributed by atoms with Gasteiger partial charge < -0.3 is 25.6 Å². The lowest BCUT2D eigenvalue weighted by Crippen LogP contribution is -2.51. The number of piperazine rings is 1. The first-order chi connectivity index (χ1) is 18.9. The van der Waals surface area contributed by atoms with Gasteiger partial charge in [-0.15, -0.1) is 0 Å². The number of carbonyl (C=O) groups is 1. The highest BCUT2D eigenvalue weighted by Crippen LogP contribution is 2.29. The third-order valence-corrected chi connectivity index (χ3v) is 8.29. The quantitative estimate of drug-likeness (QED) is 0.525. The van der Waals surface area contributed by atoms with Gasteiger partial charge >= 0.3 is 6.01 Å². The van der Waals surface area contributed by atoms with Crippen molar-refractivity contribution in [2.75, 3.05) is 57.5 Å². The number of nitrogens with one attached hydrogen (secondary N) is 1. The number of nitriles is 1. The number of hydrogen-bond acceptors (Lipinski definition) is 9. The van der Waals surface area contributed by atoms with Crippen LogP contribution in [0.2, 0.25) is 5.02 Å². The van der Waals surface area contributed by atoms with Gasteiger partial charge in [-0.2, -0.15) is 15.2 Å². The average molecular weight is 551 g/mol. The Morgan fingerprint density at radius 3 is 2.82 bits per heavy atom. The molecule has 1 aliphatic carbocycles. The fraction of sp³-hybridized carbons (Fsp3) is 0.500. The zero-order chi connectivity index (χ0) is 27.5. The molecule has 0 radical (unpaired) electrons. The molecule has 0 saturated carbocycles. The molecule has 1 amide bonds. The molecule has 0 unspecified atom stereocenters. The molecular weight excluding hydrogens is 516 g/mol. The molecular formula is C28H35ClN8O2. The van der Waals surface area contributed by atoms with Gasteiger partial charge in [0.25, 0.3) is 5.91 Å². The zero-order valence-electron chi connectivity index (χ0n) is 22.5. The molecule has 2 aromatic rings. The van der Waals surface area contributed by atoms with E-state index in [1.54, 1.807) is 0 Å². The molecule has 2 fully saturated rings. The second kappa shape index (κ2) is 11.8. The van der Waals surface area contributed by atoms with Crippen LogP contribution in [0.3, 0.4) is 0 Å². The Hall–Kier alpha value is -3.39. The van der Waals surface area contributed by atoms with Gasteiger partial charge in [0, 0.05) is 42.6 Å². The van der Waals surface area contributed by atoms with Crippen molar-refractivity contribution in [3.63, 3.8) is 0 Å². The lowest BCUT2D eigenvalue weighted by molar-refractivity contribution is 0.0966. The summed E-state index contributed by atoms with van der Waals surface area (Å²) in [7, 11) is 4.09. The highest BCUT2D eigenvalue weighted by Gasteiger charge is 2.30. The van der Waals surface area contributed by atoms with Gasteiger partial charge in [0.05, 0.1) is 17.5 Å². The first kappa shape index (κ1) is 27.2. The summed E-state index contributed by atoms with van der Waals surface area (Å²) in [6.45, 7) is 3.41. The van der Waals surface area contributed by atoms with E-state index in [0.717, 1.165) is 48.5 Å². The van der Waals surface area contributed by atoms with Crippen molar-refractivity contribution in [2.24, 2.45) is 0 Å². The van der Waals surface area contributed by atoms with Crippen molar-refractivity contribution >= 4 is 40.8 Å². The van der Waals surface area contributed by atoms with Crippen molar-refractivity contribution in [3.8, 4) is 12.1 Å². The molecule has 2 saturated heterocycles. The van der Waals surface area contributed by atoms with Crippen LogP contribution >= 0.6 is 11.6 Å². The number of anilines is 2. The monoisotopic (exact) mass is 550 g/mol. The van der Waals surface area contributed by atoms with Crippen LogP contribution in [-0.2, 0) is 0 Å². The van der Waals surface area contributed by atoms with Crippen molar-refractivity contribution in [2.45, 2.75) is 44.2 Å². The summed E-state index contributed by atoms with van der Waals surface area (Å²) in [6, 6.07) is 8.39. The van der Waals surface area contributed by atoms with E-state index in [0.29, 0.717) is 43.4 Å². The second-order valence-electron chi connectivity index (χ2n) is 10.5. The summed E-state index contributed by atoms with van der Waals surface area (Å²) >= 11 is 6.52. The molecule has 1 aromatic heterocycles. The molecule has 3 heterocycles. The number of aromatic nitrogens is 2. The average Bonchev–Trinajstić information content (AvgIpc) is 3.34. The number of halogens is 1. The number of amides is 1. The number of rotatable bonds is 7. The summed E-state index contributed by atoms with van der Waals surface area (Å²) in [6.07, 6.45) is 6.09. The van der Waals surface area contributed by atoms with Crippen LogP contribution in [0, 0.1) is 11.3 Å². The smallest absolute Gasteiger partial charge is 0.319 e. The van der Waals surface area contributed by atoms with Gasteiger partial charge in [0.15, 0.2) is 11.5 Å². The third-order valence-electron chi connectivity index (χ3n) is 7.97.